The summed E-state index contributed by atoms with van der Waals surface area (Å²) in [6, 6.07) is 9.31. The van der Waals surface area contributed by atoms with Crippen molar-refractivity contribution in [1.29, 1.82) is 0 Å². The van der Waals surface area contributed by atoms with E-state index in [0.717, 1.165) is 16.9 Å². The second-order valence-electron chi connectivity index (χ2n) is 3.30. The van der Waals surface area contributed by atoms with Crippen LogP contribution in [0.3, 0.4) is 0 Å². The highest BCUT2D eigenvalue weighted by atomic mass is 16.5. The minimum atomic E-state index is 0.479. The Labute approximate surface area is 98.6 Å². The highest BCUT2D eigenvalue weighted by molar-refractivity contribution is 5.80. The van der Waals surface area contributed by atoms with Crippen LogP contribution in [0.1, 0.15) is 0 Å². The summed E-state index contributed by atoms with van der Waals surface area (Å²) in [4.78, 5) is 17.9. The van der Waals surface area contributed by atoms with Crippen LogP contribution in [0.5, 0.6) is 5.75 Å². The molecule has 1 heterocycles. The van der Waals surface area contributed by atoms with Crippen LogP contribution in [-0.2, 0) is 4.79 Å². The van der Waals surface area contributed by atoms with Gasteiger partial charge in [0.1, 0.15) is 11.4 Å². The molecule has 0 aliphatic rings. The maximum atomic E-state index is 10.4. The SMILES string of the molecule is COc1ccccc1-c1ccncc1N=C=O. The first kappa shape index (κ1) is 11.0. The van der Waals surface area contributed by atoms with Gasteiger partial charge < -0.3 is 4.74 Å². The van der Waals surface area contributed by atoms with Crippen LogP contribution < -0.4 is 4.74 Å². The Morgan fingerprint density at radius 1 is 1.24 bits per heavy atom. The molecule has 2 aromatic rings. The highest BCUT2D eigenvalue weighted by Crippen LogP contribution is 2.35. The third-order valence-electron chi connectivity index (χ3n) is 2.36. The number of methoxy groups -OCH3 is 1. The van der Waals surface area contributed by atoms with E-state index in [-0.39, 0.29) is 0 Å². The minimum absolute atomic E-state index is 0.479. The molecule has 4 nitrogen and oxygen atoms in total. The zero-order valence-corrected chi connectivity index (χ0v) is 9.25. The molecule has 0 aliphatic heterocycles. The van der Waals surface area contributed by atoms with Crippen molar-refractivity contribution in [2.24, 2.45) is 4.99 Å². The number of hydrogen-bond acceptors (Lipinski definition) is 4. The summed E-state index contributed by atoms with van der Waals surface area (Å²) in [5.41, 5.74) is 2.14. The normalized spacial score (nSPS) is 9.47. The van der Waals surface area contributed by atoms with Crippen LogP contribution in [0.15, 0.2) is 47.7 Å². The van der Waals surface area contributed by atoms with E-state index in [1.807, 2.05) is 24.3 Å². The van der Waals surface area contributed by atoms with E-state index in [4.69, 9.17) is 4.74 Å². The van der Waals surface area contributed by atoms with Gasteiger partial charge in [0.05, 0.1) is 13.3 Å². The average molecular weight is 226 g/mol. The lowest BCUT2D eigenvalue weighted by molar-refractivity contribution is 0.416. The molecule has 0 saturated heterocycles. The summed E-state index contributed by atoms with van der Waals surface area (Å²) >= 11 is 0. The topological polar surface area (TPSA) is 51.6 Å². The number of rotatable bonds is 3. The standard InChI is InChI=1S/C13H10N2O2/c1-17-13-5-3-2-4-11(13)10-6-7-14-8-12(10)15-9-16/h2-8H,1H3. The molecule has 84 valence electrons. The molecule has 0 spiro atoms. The molecule has 0 fully saturated rings. The molecule has 0 N–H and O–H groups in total. The Kier molecular flexibility index (Phi) is 3.28. The summed E-state index contributed by atoms with van der Waals surface area (Å²) in [5, 5.41) is 0. The van der Waals surface area contributed by atoms with Crippen molar-refractivity contribution in [3.63, 3.8) is 0 Å². The number of pyridine rings is 1. The number of ether oxygens (including phenoxy) is 1. The van der Waals surface area contributed by atoms with E-state index in [2.05, 4.69) is 9.98 Å². The van der Waals surface area contributed by atoms with Crippen molar-refractivity contribution in [3.8, 4) is 16.9 Å². The Morgan fingerprint density at radius 3 is 2.82 bits per heavy atom. The van der Waals surface area contributed by atoms with Crippen molar-refractivity contribution in [3.05, 3.63) is 42.7 Å². The maximum absolute atomic E-state index is 10.4. The van der Waals surface area contributed by atoms with Gasteiger partial charge in [-0.3, -0.25) is 4.98 Å². The predicted molar refractivity (Wildman–Crippen MR) is 64.0 cm³/mol. The molecular formula is C13H10N2O2. The molecule has 0 saturated carbocycles. The van der Waals surface area contributed by atoms with Crippen LogP contribution in [0.4, 0.5) is 5.69 Å². The summed E-state index contributed by atoms with van der Waals surface area (Å²) < 4.78 is 5.27. The lowest BCUT2D eigenvalue weighted by Crippen LogP contribution is -1.88. The zero-order chi connectivity index (χ0) is 12.1. The number of carbonyl (C=O) groups excluding carboxylic acids is 1. The molecule has 0 unspecified atom stereocenters. The molecule has 4 heteroatoms. The Hall–Kier alpha value is -2.45. The maximum Gasteiger partial charge on any atom is 0.240 e. The van der Waals surface area contributed by atoms with Crippen LogP contribution >= 0.6 is 0 Å². The van der Waals surface area contributed by atoms with E-state index in [0.29, 0.717) is 5.69 Å². The van der Waals surface area contributed by atoms with E-state index in [9.17, 15) is 4.79 Å². The van der Waals surface area contributed by atoms with Gasteiger partial charge >= 0.3 is 0 Å². The summed E-state index contributed by atoms with van der Waals surface area (Å²) in [5.74, 6) is 0.723. The number of benzene rings is 1. The van der Waals surface area contributed by atoms with Gasteiger partial charge in [-0.1, -0.05) is 18.2 Å². The molecule has 17 heavy (non-hydrogen) atoms. The van der Waals surface area contributed by atoms with Gasteiger partial charge in [0.2, 0.25) is 6.08 Å². The minimum Gasteiger partial charge on any atom is -0.496 e. The van der Waals surface area contributed by atoms with E-state index >= 15 is 0 Å². The summed E-state index contributed by atoms with van der Waals surface area (Å²) in [6.45, 7) is 0. The smallest absolute Gasteiger partial charge is 0.240 e. The van der Waals surface area contributed by atoms with Gasteiger partial charge in [0.25, 0.3) is 0 Å². The van der Waals surface area contributed by atoms with Gasteiger partial charge in [-0.2, -0.15) is 4.99 Å². The lowest BCUT2D eigenvalue weighted by Gasteiger charge is -2.09. The Balaban J connectivity index is 2.63. The number of aliphatic imine (C=N–C) groups is 1. The van der Waals surface area contributed by atoms with Crippen LogP contribution in [0, 0.1) is 0 Å². The molecule has 0 aliphatic carbocycles. The number of hydrogen-bond donors (Lipinski definition) is 0. The number of isocyanates is 1. The third-order valence-corrected chi connectivity index (χ3v) is 2.36. The Bertz CT molecular complexity index is 575. The van der Waals surface area contributed by atoms with E-state index < -0.39 is 0 Å². The summed E-state index contributed by atoms with van der Waals surface area (Å²) in [7, 11) is 1.60. The monoisotopic (exact) mass is 226 g/mol. The Morgan fingerprint density at radius 2 is 2.06 bits per heavy atom. The molecule has 0 radical (unpaired) electrons. The molecule has 0 amide bonds. The van der Waals surface area contributed by atoms with Crippen LogP contribution in [0.2, 0.25) is 0 Å². The molecule has 1 aromatic heterocycles. The second kappa shape index (κ2) is 5.05. The first-order chi connectivity index (χ1) is 8.36. The second-order valence-corrected chi connectivity index (χ2v) is 3.30. The van der Waals surface area contributed by atoms with Crippen molar-refractivity contribution in [2.75, 3.05) is 7.11 Å². The van der Waals surface area contributed by atoms with Crippen LogP contribution in [-0.4, -0.2) is 18.2 Å². The highest BCUT2D eigenvalue weighted by Gasteiger charge is 2.09. The first-order valence-electron chi connectivity index (χ1n) is 5.02. The van der Waals surface area contributed by atoms with Gasteiger partial charge in [-0.15, -0.1) is 0 Å². The molecule has 0 atom stereocenters. The average Bonchev–Trinajstić information content (AvgIpc) is 2.40. The molecule has 0 bridgehead atoms. The summed E-state index contributed by atoms with van der Waals surface area (Å²) in [6.07, 6.45) is 4.69. The van der Waals surface area contributed by atoms with E-state index in [1.165, 1.54) is 12.3 Å². The third kappa shape index (κ3) is 2.22. The molecule has 2 rings (SSSR count). The van der Waals surface area contributed by atoms with Crippen molar-refractivity contribution < 1.29 is 9.53 Å². The first-order valence-corrected chi connectivity index (χ1v) is 5.02. The van der Waals surface area contributed by atoms with E-state index in [1.54, 1.807) is 19.4 Å². The lowest BCUT2D eigenvalue weighted by atomic mass is 10.0. The number of para-hydroxylation sites is 1. The fraction of sp³-hybridized carbons (Fsp3) is 0.0769. The van der Waals surface area contributed by atoms with Crippen molar-refractivity contribution in [1.82, 2.24) is 4.98 Å². The van der Waals surface area contributed by atoms with Gasteiger partial charge in [0, 0.05) is 17.3 Å². The molecule has 1 aromatic carbocycles. The van der Waals surface area contributed by atoms with Gasteiger partial charge in [-0.25, -0.2) is 4.79 Å². The number of nitrogens with zero attached hydrogens (tertiary/aromatic N) is 2. The van der Waals surface area contributed by atoms with Crippen molar-refractivity contribution in [2.45, 2.75) is 0 Å². The molecular weight excluding hydrogens is 216 g/mol. The van der Waals surface area contributed by atoms with Gasteiger partial charge in [0.15, 0.2) is 0 Å². The van der Waals surface area contributed by atoms with Crippen molar-refractivity contribution >= 4 is 11.8 Å². The fourth-order valence-corrected chi connectivity index (χ4v) is 1.62. The zero-order valence-electron chi connectivity index (χ0n) is 9.25. The fourth-order valence-electron chi connectivity index (χ4n) is 1.62. The number of aromatic nitrogens is 1. The quantitative estimate of drug-likeness (QED) is 0.597. The predicted octanol–water partition coefficient (Wildman–Crippen LogP) is 2.72. The van der Waals surface area contributed by atoms with Crippen LogP contribution in [0.25, 0.3) is 11.1 Å². The van der Waals surface area contributed by atoms with Gasteiger partial charge in [-0.05, 0) is 12.1 Å². The largest absolute Gasteiger partial charge is 0.496 e.